The van der Waals surface area contributed by atoms with E-state index in [9.17, 15) is 0 Å². The molecule has 17 heavy (non-hydrogen) atoms. The molecule has 0 radical (unpaired) electrons. The SMILES string of the molecule is Nc1cc(Cl)c(Cl)cc1NCCc1ccsc1. The van der Waals surface area contributed by atoms with Gasteiger partial charge in [-0.25, -0.2) is 0 Å². The van der Waals surface area contributed by atoms with E-state index in [-0.39, 0.29) is 0 Å². The minimum atomic E-state index is 0.479. The predicted molar refractivity (Wildman–Crippen MR) is 77.4 cm³/mol. The molecule has 0 aliphatic carbocycles. The van der Waals surface area contributed by atoms with Gasteiger partial charge in [0.15, 0.2) is 0 Å². The third-order valence-electron chi connectivity index (χ3n) is 2.40. The monoisotopic (exact) mass is 286 g/mol. The third-order valence-corrected chi connectivity index (χ3v) is 3.86. The molecule has 0 aliphatic heterocycles. The lowest BCUT2D eigenvalue weighted by Gasteiger charge is -2.10. The number of nitrogens with one attached hydrogen (secondary N) is 1. The molecule has 2 aromatic rings. The number of thiophene rings is 1. The Bertz CT molecular complexity index is 497. The van der Waals surface area contributed by atoms with Crippen molar-refractivity contribution in [3.05, 3.63) is 44.6 Å². The van der Waals surface area contributed by atoms with Crippen LogP contribution in [-0.4, -0.2) is 6.54 Å². The first-order valence-corrected chi connectivity index (χ1v) is 6.86. The van der Waals surface area contributed by atoms with E-state index in [2.05, 4.69) is 22.1 Å². The number of rotatable bonds is 4. The van der Waals surface area contributed by atoms with Crippen LogP contribution in [0, 0.1) is 0 Å². The van der Waals surface area contributed by atoms with Gasteiger partial charge in [0.2, 0.25) is 0 Å². The van der Waals surface area contributed by atoms with Gasteiger partial charge in [0.25, 0.3) is 0 Å². The average Bonchev–Trinajstić information content (AvgIpc) is 2.78. The van der Waals surface area contributed by atoms with Crippen molar-refractivity contribution < 1.29 is 0 Å². The first-order chi connectivity index (χ1) is 8.16. The molecule has 0 atom stereocenters. The van der Waals surface area contributed by atoms with E-state index < -0.39 is 0 Å². The lowest BCUT2D eigenvalue weighted by Crippen LogP contribution is -2.06. The summed E-state index contributed by atoms with van der Waals surface area (Å²) in [6.45, 7) is 0.818. The summed E-state index contributed by atoms with van der Waals surface area (Å²) in [7, 11) is 0. The lowest BCUT2D eigenvalue weighted by atomic mass is 10.2. The Kier molecular flexibility index (Phi) is 4.15. The molecule has 0 saturated carbocycles. The number of nitrogens with two attached hydrogens (primary N) is 1. The van der Waals surface area contributed by atoms with E-state index in [1.807, 2.05) is 0 Å². The number of anilines is 2. The Balaban J connectivity index is 1.97. The minimum Gasteiger partial charge on any atom is -0.397 e. The van der Waals surface area contributed by atoms with Crippen molar-refractivity contribution in [2.75, 3.05) is 17.6 Å². The molecule has 3 N–H and O–H groups in total. The maximum Gasteiger partial charge on any atom is 0.0614 e. The van der Waals surface area contributed by atoms with Crippen LogP contribution in [0.3, 0.4) is 0 Å². The Morgan fingerprint density at radius 3 is 2.71 bits per heavy atom. The topological polar surface area (TPSA) is 38.0 Å². The number of hydrogen-bond donors (Lipinski definition) is 2. The maximum atomic E-state index is 5.94. The molecule has 2 rings (SSSR count). The summed E-state index contributed by atoms with van der Waals surface area (Å²) in [5.74, 6) is 0. The maximum absolute atomic E-state index is 5.94. The van der Waals surface area contributed by atoms with Crippen LogP contribution in [-0.2, 0) is 6.42 Å². The van der Waals surface area contributed by atoms with Crippen molar-refractivity contribution in [2.45, 2.75) is 6.42 Å². The summed E-state index contributed by atoms with van der Waals surface area (Å²) in [5.41, 5.74) is 8.61. The van der Waals surface area contributed by atoms with Crippen molar-refractivity contribution in [2.24, 2.45) is 0 Å². The Hall–Kier alpha value is -0.900. The standard InChI is InChI=1S/C12H12Cl2N2S/c13-9-5-11(15)12(6-10(9)14)16-3-1-8-2-4-17-7-8/h2,4-7,16H,1,3,15H2. The summed E-state index contributed by atoms with van der Waals surface area (Å²) >= 11 is 13.5. The Labute approximate surface area is 114 Å². The molecule has 0 saturated heterocycles. The lowest BCUT2D eigenvalue weighted by molar-refractivity contribution is 1.03. The summed E-state index contributed by atoms with van der Waals surface area (Å²) in [4.78, 5) is 0. The number of benzene rings is 1. The average molecular weight is 287 g/mol. The van der Waals surface area contributed by atoms with Crippen LogP contribution in [0.4, 0.5) is 11.4 Å². The number of nitrogen functional groups attached to an aromatic ring is 1. The fraction of sp³-hybridized carbons (Fsp3) is 0.167. The zero-order valence-electron chi connectivity index (χ0n) is 9.04. The van der Waals surface area contributed by atoms with Gasteiger partial charge in [-0.2, -0.15) is 11.3 Å². The highest BCUT2D eigenvalue weighted by atomic mass is 35.5. The van der Waals surface area contributed by atoms with Gasteiger partial charge in [-0.1, -0.05) is 23.2 Å². The van der Waals surface area contributed by atoms with Crippen LogP contribution in [0.2, 0.25) is 10.0 Å². The van der Waals surface area contributed by atoms with E-state index in [4.69, 9.17) is 28.9 Å². The number of halogens is 2. The van der Waals surface area contributed by atoms with Gasteiger partial charge in [-0.15, -0.1) is 0 Å². The first-order valence-electron chi connectivity index (χ1n) is 5.16. The molecule has 0 aliphatic rings. The smallest absolute Gasteiger partial charge is 0.0614 e. The molecule has 90 valence electrons. The highest BCUT2D eigenvalue weighted by molar-refractivity contribution is 7.07. The van der Waals surface area contributed by atoms with Crippen LogP contribution in [0.15, 0.2) is 29.0 Å². The zero-order chi connectivity index (χ0) is 12.3. The Morgan fingerprint density at radius 1 is 1.24 bits per heavy atom. The second kappa shape index (κ2) is 5.63. The van der Waals surface area contributed by atoms with Crippen molar-refractivity contribution in [1.29, 1.82) is 0 Å². The van der Waals surface area contributed by atoms with Gasteiger partial charge >= 0.3 is 0 Å². The van der Waals surface area contributed by atoms with Gasteiger partial charge in [0.1, 0.15) is 0 Å². The summed E-state index contributed by atoms with van der Waals surface area (Å²) < 4.78 is 0. The largest absolute Gasteiger partial charge is 0.397 e. The molecule has 1 aromatic heterocycles. The van der Waals surface area contributed by atoms with Crippen molar-refractivity contribution in [3.8, 4) is 0 Å². The molecule has 0 amide bonds. The Morgan fingerprint density at radius 2 is 2.00 bits per heavy atom. The van der Waals surface area contributed by atoms with Gasteiger partial charge in [0.05, 0.1) is 21.4 Å². The van der Waals surface area contributed by atoms with Crippen LogP contribution >= 0.6 is 34.5 Å². The molecule has 1 heterocycles. The molecule has 2 nitrogen and oxygen atoms in total. The molecular formula is C12H12Cl2N2S. The van der Waals surface area contributed by atoms with Crippen LogP contribution in [0.1, 0.15) is 5.56 Å². The predicted octanol–water partition coefficient (Wildman–Crippen LogP) is 4.29. The van der Waals surface area contributed by atoms with Gasteiger partial charge < -0.3 is 11.1 Å². The van der Waals surface area contributed by atoms with Crippen LogP contribution in [0.5, 0.6) is 0 Å². The molecule has 1 aromatic carbocycles. The second-order valence-electron chi connectivity index (χ2n) is 3.66. The summed E-state index contributed by atoms with van der Waals surface area (Å²) in [6.07, 6.45) is 0.961. The summed E-state index contributed by atoms with van der Waals surface area (Å²) in [6, 6.07) is 5.54. The highest BCUT2D eigenvalue weighted by Crippen LogP contribution is 2.30. The first kappa shape index (κ1) is 12.6. The van der Waals surface area contributed by atoms with E-state index in [0.717, 1.165) is 18.7 Å². The van der Waals surface area contributed by atoms with E-state index in [1.165, 1.54) is 5.56 Å². The second-order valence-corrected chi connectivity index (χ2v) is 5.26. The van der Waals surface area contributed by atoms with Crippen LogP contribution in [0.25, 0.3) is 0 Å². The van der Waals surface area contributed by atoms with Crippen molar-refractivity contribution in [3.63, 3.8) is 0 Å². The fourth-order valence-electron chi connectivity index (χ4n) is 1.49. The quantitative estimate of drug-likeness (QED) is 0.823. The van der Waals surface area contributed by atoms with Crippen molar-refractivity contribution in [1.82, 2.24) is 0 Å². The highest BCUT2D eigenvalue weighted by Gasteiger charge is 2.04. The fourth-order valence-corrected chi connectivity index (χ4v) is 2.53. The van der Waals surface area contributed by atoms with Gasteiger partial charge in [-0.05, 0) is 40.9 Å². The van der Waals surface area contributed by atoms with E-state index >= 15 is 0 Å². The molecule has 5 heteroatoms. The molecule has 0 spiro atoms. The molecule has 0 unspecified atom stereocenters. The zero-order valence-corrected chi connectivity index (χ0v) is 11.4. The van der Waals surface area contributed by atoms with Gasteiger partial charge in [-0.3, -0.25) is 0 Å². The van der Waals surface area contributed by atoms with Crippen molar-refractivity contribution >= 4 is 45.9 Å². The summed E-state index contributed by atoms with van der Waals surface area (Å²) in [5, 5.41) is 8.46. The van der Waals surface area contributed by atoms with Gasteiger partial charge in [0, 0.05) is 6.54 Å². The molecular weight excluding hydrogens is 275 g/mol. The minimum absolute atomic E-state index is 0.479. The molecule has 0 bridgehead atoms. The third kappa shape index (κ3) is 3.28. The normalized spacial score (nSPS) is 10.5. The van der Waals surface area contributed by atoms with E-state index in [1.54, 1.807) is 23.5 Å². The molecule has 0 fully saturated rings. The number of hydrogen-bond acceptors (Lipinski definition) is 3. The van der Waals surface area contributed by atoms with E-state index in [0.29, 0.717) is 15.7 Å². The van der Waals surface area contributed by atoms with Crippen LogP contribution < -0.4 is 11.1 Å².